The molecule has 146 valence electrons. The molecule has 0 fully saturated rings. The summed E-state index contributed by atoms with van der Waals surface area (Å²) in [6, 6.07) is 17.3. The van der Waals surface area contributed by atoms with Crippen LogP contribution in [-0.2, 0) is 11.3 Å². The van der Waals surface area contributed by atoms with Gasteiger partial charge < -0.3 is 14.6 Å². The van der Waals surface area contributed by atoms with Crippen molar-refractivity contribution in [3.63, 3.8) is 0 Å². The van der Waals surface area contributed by atoms with Gasteiger partial charge in [0, 0.05) is 23.9 Å². The lowest BCUT2D eigenvalue weighted by molar-refractivity contribution is -0.113. The van der Waals surface area contributed by atoms with E-state index in [1.807, 2.05) is 48.5 Å². The first-order valence-corrected chi connectivity index (χ1v) is 10.1. The van der Waals surface area contributed by atoms with Crippen molar-refractivity contribution in [1.29, 1.82) is 0 Å². The summed E-state index contributed by atoms with van der Waals surface area (Å²) in [6.45, 7) is 5.09. The number of ether oxygens (including phenoxy) is 1. The van der Waals surface area contributed by atoms with E-state index in [2.05, 4.69) is 33.9 Å². The van der Waals surface area contributed by atoms with Crippen molar-refractivity contribution in [2.24, 2.45) is 5.92 Å². The third-order valence-corrected chi connectivity index (χ3v) is 4.95. The molecule has 3 aromatic rings. The Morgan fingerprint density at radius 3 is 2.64 bits per heavy atom. The molecular formula is C21H24N4O2S. The van der Waals surface area contributed by atoms with E-state index >= 15 is 0 Å². The first kappa shape index (κ1) is 19.9. The molecule has 0 aliphatic rings. The maximum absolute atomic E-state index is 12.4. The molecule has 7 heteroatoms. The number of benzene rings is 2. The van der Waals surface area contributed by atoms with Gasteiger partial charge in [-0.05, 0) is 18.1 Å². The van der Waals surface area contributed by atoms with Crippen LogP contribution in [0.5, 0.6) is 5.75 Å². The van der Waals surface area contributed by atoms with Crippen LogP contribution in [0.15, 0.2) is 59.8 Å². The molecule has 0 spiro atoms. The van der Waals surface area contributed by atoms with E-state index in [9.17, 15) is 4.79 Å². The Hall–Kier alpha value is -2.80. The lowest BCUT2D eigenvalue weighted by Gasteiger charge is -2.12. The normalized spacial score (nSPS) is 10.9. The van der Waals surface area contributed by atoms with Gasteiger partial charge in [0.1, 0.15) is 5.75 Å². The van der Waals surface area contributed by atoms with Crippen LogP contribution in [0, 0.1) is 5.92 Å². The molecule has 1 aromatic heterocycles. The van der Waals surface area contributed by atoms with Crippen LogP contribution in [0.2, 0.25) is 0 Å². The summed E-state index contributed by atoms with van der Waals surface area (Å²) in [7, 11) is 1.60. The molecule has 1 amide bonds. The van der Waals surface area contributed by atoms with Gasteiger partial charge >= 0.3 is 0 Å². The highest BCUT2D eigenvalue weighted by Crippen LogP contribution is 2.25. The van der Waals surface area contributed by atoms with Crippen molar-refractivity contribution < 1.29 is 9.53 Å². The lowest BCUT2D eigenvalue weighted by Crippen LogP contribution is -2.15. The maximum Gasteiger partial charge on any atom is 0.234 e. The SMILES string of the molecule is COc1cccc(NC(=O)CSc2nnc(-c3ccccc3)n2CC(C)C)c1. The number of nitrogens with zero attached hydrogens (tertiary/aromatic N) is 3. The summed E-state index contributed by atoms with van der Waals surface area (Å²) in [5.74, 6) is 2.11. The predicted octanol–water partition coefficient (Wildman–Crippen LogP) is 4.34. The quantitative estimate of drug-likeness (QED) is 0.574. The minimum absolute atomic E-state index is 0.0985. The van der Waals surface area contributed by atoms with Crippen LogP contribution >= 0.6 is 11.8 Å². The zero-order valence-electron chi connectivity index (χ0n) is 16.3. The van der Waals surface area contributed by atoms with Gasteiger partial charge in [0.05, 0.1) is 12.9 Å². The number of carbonyl (C=O) groups excluding carboxylic acids is 1. The molecule has 6 nitrogen and oxygen atoms in total. The molecule has 0 saturated heterocycles. The Morgan fingerprint density at radius 2 is 1.93 bits per heavy atom. The van der Waals surface area contributed by atoms with Gasteiger partial charge in [0.2, 0.25) is 5.91 Å². The summed E-state index contributed by atoms with van der Waals surface area (Å²) in [5, 5.41) is 12.3. The van der Waals surface area contributed by atoms with E-state index in [1.165, 1.54) is 11.8 Å². The van der Waals surface area contributed by atoms with Crippen molar-refractivity contribution in [3.05, 3.63) is 54.6 Å². The number of hydrogen-bond acceptors (Lipinski definition) is 5. The molecule has 2 aromatic carbocycles. The molecule has 0 aliphatic carbocycles. The van der Waals surface area contributed by atoms with Crippen molar-refractivity contribution in [2.45, 2.75) is 25.5 Å². The van der Waals surface area contributed by atoms with E-state index in [0.29, 0.717) is 17.4 Å². The highest BCUT2D eigenvalue weighted by molar-refractivity contribution is 7.99. The number of amides is 1. The molecule has 0 atom stereocenters. The molecule has 3 rings (SSSR count). The zero-order chi connectivity index (χ0) is 19.9. The fourth-order valence-electron chi connectivity index (χ4n) is 2.75. The molecular weight excluding hydrogens is 372 g/mol. The summed E-state index contributed by atoms with van der Waals surface area (Å²) >= 11 is 1.39. The second kappa shape index (κ2) is 9.41. The Labute approximate surface area is 169 Å². The monoisotopic (exact) mass is 396 g/mol. The standard InChI is InChI=1S/C21H24N4O2S/c1-15(2)13-25-20(16-8-5-4-6-9-16)23-24-21(25)28-14-19(26)22-17-10-7-11-18(12-17)27-3/h4-12,15H,13-14H2,1-3H3,(H,22,26). The van der Waals surface area contributed by atoms with Crippen molar-refractivity contribution in [2.75, 3.05) is 18.2 Å². The van der Waals surface area contributed by atoms with Gasteiger partial charge in [0.25, 0.3) is 0 Å². The van der Waals surface area contributed by atoms with E-state index in [0.717, 1.165) is 23.1 Å². The number of aromatic nitrogens is 3. The predicted molar refractivity (Wildman–Crippen MR) is 113 cm³/mol. The molecule has 1 N–H and O–H groups in total. The number of hydrogen-bond donors (Lipinski definition) is 1. The van der Waals surface area contributed by atoms with Gasteiger partial charge in [-0.15, -0.1) is 10.2 Å². The van der Waals surface area contributed by atoms with Crippen LogP contribution in [0.25, 0.3) is 11.4 Å². The topological polar surface area (TPSA) is 69.0 Å². The Morgan fingerprint density at radius 1 is 1.14 bits per heavy atom. The average Bonchev–Trinajstić information content (AvgIpc) is 3.09. The first-order chi connectivity index (χ1) is 13.6. The van der Waals surface area contributed by atoms with Gasteiger partial charge in [-0.3, -0.25) is 4.79 Å². The zero-order valence-corrected chi connectivity index (χ0v) is 17.1. The highest BCUT2D eigenvalue weighted by atomic mass is 32.2. The molecule has 0 radical (unpaired) electrons. The van der Waals surface area contributed by atoms with Crippen LogP contribution in [0.3, 0.4) is 0 Å². The smallest absolute Gasteiger partial charge is 0.234 e. The molecule has 0 bridgehead atoms. The maximum atomic E-state index is 12.4. The fourth-order valence-corrected chi connectivity index (χ4v) is 3.50. The molecule has 0 unspecified atom stereocenters. The summed E-state index contributed by atoms with van der Waals surface area (Å²) in [4.78, 5) is 12.4. The van der Waals surface area contributed by atoms with Crippen molar-refractivity contribution in [3.8, 4) is 17.1 Å². The van der Waals surface area contributed by atoms with E-state index in [4.69, 9.17) is 4.74 Å². The minimum atomic E-state index is -0.0985. The summed E-state index contributed by atoms with van der Waals surface area (Å²) < 4.78 is 7.27. The summed E-state index contributed by atoms with van der Waals surface area (Å²) in [5.41, 5.74) is 1.72. The number of carbonyl (C=O) groups is 1. The van der Waals surface area contributed by atoms with Gasteiger partial charge in [0.15, 0.2) is 11.0 Å². The number of nitrogens with one attached hydrogen (secondary N) is 1. The third kappa shape index (κ3) is 5.13. The second-order valence-corrected chi connectivity index (χ2v) is 7.69. The highest BCUT2D eigenvalue weighted by Gasteiger charge is 2.16. The Kier molecular flexibility index (Phi) is 6.71. The Balaban J connectivity index is 1.71. The van der Waals surface area contributed by atoms with Crippen molar-refractivity contribution in [1.82, 2.24) is 14.8 Å². The third-order valence-electron chi connectivity index (χ3n) is 3.98. The average molecular weight is 397 g/mol. The lowest BCUT2D eigenvalue weighted by atomic mass is 10.2. The fraction of sp³-hybridized carbons (Fsp3) is 0.286. The number of anilines is 1. The van der Waals surface area contributed by atoms with E-state index in [1.54, 1.807) is 13.2 Å². The van der Waals surface area contributed by atoms with Gasteiger partial charge in [-0.1, -0.05) is 62.0 Å². The van der Waals surface area contributed by atoms with Crippen LogP contribution < -0.4 is 10.1 Å². The molecule has 0 aliphatic heterocycles. The molecule has 1 heterocycles. The largest absolute Gasteiger partial charge is 0.497 e. The number of thioether (sulfide) groups is 1. The Bertz CT molecular complexity index is 925. The minimum Gasteiger partial charge on any atom is -0.497 e. The van der Waals surface area contributed by atoms with Crippen molar-refractivity contribution >= 4 is 23.4 Å². The molecule has 28 heavy (non-hydrogen) atoms. The molecule has 0 saturated carbocycles. The second-order valence-electron chi connectivity index (χ2n) is 6.75. The number of methoxy groups -OCH3 is 1. The van der Waals surface area contributed by atoms with Gasteiger partial charge in [-0.2, -0.15) is 0 Å². The van der Waals surface area contributed by atoms with Crippen LogP contribution in [0.1, 0.15) is 13.8 Å². The first-order valence-electron chi connectivity index (χ1n) is 9.12. The van der Waals surface area contributed by atoms with Crippen LogP contribution in [0.4, 0.5) is 5.69 Å². The van der Waals surface area contributed by atoms with E-state index in [-0.39, 0.29) is 11.7 Å². The van der Waals surface area contributed by atoms with E-state index < -0.39 is 0 Å². The van der Waals surface area contributed by atoms with Crippen LogP contribution in [-0.4, -0.2) is 33.5 Å². The number of rotatable bonds is 8. The summed E-state index contributed by atoms with van der Waals surface area (Å²) in [6.07, 6.45) is 0. The van der Waals surface area contributed by atoms with Gasteiger partial charge in [-0.25, -0.2) is 0 Å².